The first kappa shape index (κ1) is 33.6. The Bertz CT molecular complexity index is 1670. The number of hydrogen-bond acceptors (Lipinski definition) is 5. The van der Waals surface area contributed by atoms with Crippen molar-refractivity contribution in [2.75, 3.05) is 36.5 Å². The third-order valence-electron chi connectivity index (χ3n) is 7.97. The molecule has 9 nitrogen and oxygen atoms in total. The molecule has 45 heavy (non-hydrogen) atoms. The molecule has 1 aliphatic rings. The lowest BCUT2D eigenvalue weighted by molar-refractivity contribution is -0.137. The molecule has 1 fully saturated rings. The van der Waals surface area contributed by atoms with E-state index in [0.29, 0.717) is 37.7 Å². The zero-order chi connectivity index (χ0) is 33.5. The van der Waals surface area contributed by atoms with E-state index in [1.165, 1.54) is 24.5 Å². The first-order valence-corrected chi connectivity index (χ1v) is 14.5. The number of carboxylic acid groups (broad SMARTS) is 1. The normalized spacial score (nSPS) is 14.3. The Balaban J connectivity index is 1.74. The van der Waals surface area contributed by atoms with Crippen molar-refractivity contribution in [1.29, 1.82) is 0 Å². The number of pyridine rings is 1. The molecule has 2 N–H and O–H groups in total. The summed E-state index contributed by atoms with van der Waals surface area (Å²) in [7, 11) is 1.66. The molecule has 0 unspecified atom stereocenters. The Morgan fingerprint density at radius 1 is 0.956 bits per heavy atom. The summed E-state index contributed by atoms with van der Waals surface area (Å²) in [6.07, 6.45) is -4.39. The van der Waals surface area contributed by atoms with Gasteiger partial charge in [-0.15, -0.1) is 0 Å². The van der Waals surface area contributed by atoms with Crippen molar-refractivity contribution in [3.8, 4) is 11.1 Å². The number of amides is 2. The van der Waals surface area contributed by atoms with Crippen molar-refractivity contribution in [2.45, 2.75) is 58.8 Å². The van der Waals surface area contributed by atoms with E-state index < -0.39 is 34.8 Å². The molecule has 0 radical (unpaired) electrons. The second-order valence-electron chi connectivity index (χ2n) is 12.8. The molecule has 1 saturated heterocycles. The first-order valence-electron chi connectivity index (χ1n) is 14.5. The van der Waals surface area contributed by atoms with Gasteiger partial charge < -0.3 is 24.6 Å². The lowest BCUT2D eigenvalue weighted by atomic mass is 9.86. The lowest BCUT2D eigenvalue weighted by Gasteiger charge is -2.45. The van der Waals surface area contributed by atoms with Gasteiger partial charge in [0, 0.05) is 48.7 Å². The number of morpholine rings is 1. The number of nitrogens with one attached hydrogen (secondary N) is 1. The van der Waals surface area contributed by atoms with Crippen LogP contribution in [0, 0.1) is 6.92 Å². The highest BCUT2D eigenvalue weighted by Crippen LogP contribution is 2.38. The van der Waals surface area contributed by atoms with Crippen molar-refractivity contribution in [1.82, 2.24) is 9.47 Å². The summed E-state index contributed by atoms with van der Waals surface area (Å²) in [5.74, 6) is -0.792. The Morgan fingerprint density at radius 2 is 1.58 bits per heavy atom. The predicted molar refractivity (Wildman–Crippen MR) is 167 cm³/mol. The molecule has 0 bridgehead atoms. The molecule has 0 atom stereocenters. The van der Waals surface area contributed by atoms with Crippen LogP contribution >= 0.6 is 0 Å². The standard InChI is InChI=1S/C33H39F3N4O5/c1-20-8-9-25(18-26(20)22-16-27(29(42)38(7)19-22)39-10-12-45-13-11-39)37-28(41)21-14-23(17-24(15-21)33(34,35)36)32(5,6)40(30(43)44)31(2,3)4/h8-9,14-19H,10-13H2,1-7H3,(H,37,41)(H,43,44). The third kappa shape index (κ3) is 7.16. The number of rotatable bonds is 6. The van der Waals surface area contributed by atoms with Gasteiger partial charge in [-0.1, -0.05) is 6.07 Å². The van der Waals surface area contributed by atoms with Crippen LogP contribution in [-0.2, 0) is 23.5 Å². The van der Waals surface area contributed by atoms with Gasteiger partial charge in [-0.3, -0.25) is 14.5 Å². The maximum Gasteiger partial charge on any atom is 0.416 e. The minimum absolute atomic E-state index is 0.0187. The fourth-order valence-corrected chi connectivity index (χ4v) is 5.86. The number of benzene rings is 2. The molecule has 1 aromatic heterocycles. The number of aryl methyl sites for hydroxylation is 2. The van der Waals surface area contributed by atoms with E-state index in [1.54, 1.807) is 58.3 Å². The van der Waals surface area contributed by atoms with Gasteiger partial charge in [0.1, 0.15) is 5.69 Å². The smallest absolute Gasteiger partial charge is 0.416 e. The molecule has 4 rings (SSSR count). The molecule has 3 aromatic rings. The van der Waals surface area contributed by atoms with E-state index in [4.69, 9.17) is 4.74 Å². The zero-order valence-electron chi connectivity index (χ0n) is 26.5. The number of aromatic nitrogens is 1. The summed E-state index contributed by atoms with van der Waals surface area (Å²) in [6.45, 7) is 12.0. The van der Waals surface area contributed by atoms with Gasteiger partial charge in [0.25, 0.3) is 11.5 Å². The quantitative estimate of drug-likeness (QED) is 0.324. The number of ether oxygens (including phenoxy) is 1. The molecule has 2 heterocycles. The number of nitrogens with zero attached hydrogens (tertiary/aromatic N) is 3. The number of anilines is 2. The largest absolute Gasteiger partial charge is 0.465 e. The van der Waals surface area contributed by atoms with Crippen molar-refractivity contribution in [3.05, 3.63) is 81.3 Å². The molecule has 2 amide bonds. The fourth-order valence-electron chi connectivity index (χ4n) is 5.86. The van der Waals surface area contributed by atoms with Crippen molar-refractivity contribution in [3.63, 3.8) is 0 Å². The van der Waals surface area contributed by atoms with Gasteiger partial charge in [-0.2, -0.15) is 13.2 Å². The second kappa shape index (κ2) is 12.2. The highest BCUT2D eigenvalue weighted by atomic mass is 19.4. The number of hydrogen-bond donors (Lipinski definition) is 2. The van der Waals surface area contributed by atoms with Gasteiger partial charge in [0.15, 0.2) is 0 Å². The molecular weight excluding hydrogens is 589 g/mol. The fraction of sp³-hybridized carbons (Fsp3) is 0.424. The Hall–Kier alpha value is -4.32. The average Bonchev–Trinajstić information content (AvgIpc) is 2.94. The highest BCUT2D eigenvalue weighted by molar-refractivity contribution is 6.05. The van der Waals surface area contributed by atoms with E-state index in [1.807, 2.05) is 11.8 Å². The summed E-state index contributed by atoms with van der Waals surface area (Å²) in [5, 5.41) is 12.7. The van der Waals surface area contributed by atoms with Crippen molar-refractivity contribution < 1.29 is 32.6 Å². The summed E-state index contributed by atoms with van der Waals surface area (Å²) < 4.78 is 49.0. The molecule has 0 spiro atoms. The van der Waals surface area contributed by atoms with Crippen LogP contribution < -0.4 is 15.8 Å². The molecule has 1 aliphatic heterocycles. The van der Waals surface area contributed by atoms with Gasteiger partial charge in [-0.05, 0) is 94.6 Å². The van der Waals surface area contributed by atoms with Crippen LogP contribution in [0.1, 0.15) is 61.7 Å². The predicted octanol–water partition coefficient (Wildman–Crippen LogP) is 6.48. The number of halogens is 3. The molecule has 242 valence electrons. The van der Waals surface area contributed by atoms with E-state index >= 15 is 0 Å². The number of carbonyl (C=O) groups excluding carboxylic acids is 1. The van der Waals surface area contributed by atoms with Crippen molar-refractivity contribution in [2.24, 2.45) is 7.05 Å². The summed E-state index contributed by atoms with van der Waals surface area (Å²) in [6, 6.07) is 9.86. The van der Waals surface area contributed by atoms with Crippen LogP contribution in [-0.4, -0.2) is 58.4 Å². The minimum atomic E-state index is -4.78. The van der Waals surface area contributed by atoms with Crippen LogP contribution in [0.2, 0.25) is 0 Å². The van der Waals surface area contributed by atoms with Crippen LogP contribution in [0.25, 0.3) is 11.1 Å². The molecule has 12 heteroatoms. The van der Waals surface area contributed by atoms with E-state index in [9.17, 15) is 32.7 Å². The van der Waals surface area contributed by atoms with E-state index in [2.05, 4.69) is 5.32 Å². The molecule has 2 aromatic carbocycles. The van der Waals surface area contributed by atoms with Crippen LogP contribution in [0.15, 0.2) is 53.5 Å². The first-order chi connectivity index (χ1) is 20.8. The number of carbonyl (C=O) groups is 2. The van der Waals surface area contributed by atoms with E-state index in [0.717, 1.165) is 33.7 Å². The Kier molecular flexibility index (Phi) is 9.12. The summed E-state index contributed by atoms with van der Waals surface area (Å²) >= 11 is 0. The Morgan fingerprint density at radius 3 is 2.16 bits per heavy atom. The zero-order valence-corrected chi connectivity index (χ0v) is 26.5. The van der Waals surface area contributed by atoms with Crippen LogP contribution in [0.4, 0.5) is 29.3 Å². The van der Waals surface area contributed by atoms with Crippen LogP contribution in [0.5, 0.6) is 0 Å². The van der Waals surface area contributed by atoms with Crippen molar-refractivity contribution >= 4 is 23.4 Å². The summed E-state index contributed by atoms with van der Waals surface area (Å²) in [5.41, 5.74) is -0.667. The minimum Gasteiger partial charge on any atom is -0.465 e. The summed E-state index contributed by atoms with van der Waals surface area (Å²) in [4.78, 5) is 41.7. The van der Waals surface area contributed by atoms with Crippen LogP contribution in [0.3, 0.4) is 0 Å². The SMILES string of the molecule is Cc1ccc(NC(=O)c2cc(C(F)(F)F)cc(C(C)(C)N(C(=O)O)C(C)(C)C)c2)cc1-c1cc(N2CCOCC2)c(=O)n(C)c1. The van der Waals surface area contributed by atoms with E-state index in [-0.39, 0.29) is 16.7 Å². The lowest BCUT2D eigenvalue weighted by Crippen LogP contribution is -2.55. The maximum atomic E-state index is 14.0. The Labute approximate surface area is 260 Å². The molecular formula is C33H39F3N4O5. The van der Waals surface area contributed by atoms with Gasteiger partial charge in [-0.25, -0.2) is 4.79 Å². The topological polar surface area (TPSA) is 104 Å². The second-order valence-corrected chi connectivity index (χ2v) is 12.8. The van der Waals surface area contributed by atoms with Gasteiger partial charge >= 0.3 is 12.3 Å². The highest BCUT2D eigenvalue weighted by Gasteiger charge is 2.42. The average molecular weight is 629 g/mol. The van der Waals surface area contributed by atoms with Gasteiger partial charge in [0.05, 0.1) is 24.3 Å². The third-order valence-corrected chi connectivity index (χ3v) is 7.97. The van der Waals surface area contributed by atoms with Gasteiger partial charge in [0.2, 0.25) is 0 Å². The molecule has 0 aliphatic carbocycles. The monoisotopic (exact) mass is 628 g/mol. The maximum absolute atomic E-state index is 14.0. The molecule has 0 saturated carbocycles. The number of alkyl halides is 3.